The first kappa shape index (κ1) is 17.8. The van der Waals surface area contributed by atoms with Crippen LogP contribution in [0.1, 0.15) is 11.1 Å². The summed E-state index contributed by atoms with van der Waals surface area (Å²) >= 11 is 11.6. The van der Waals surface area contributed by atoms with E-state index in [0.717, 1.165) is 20.1 Å². The molecule has 0 spiro atoms. The summed E-state index contributed by atoms with van der Waals surface area (Å²) in [4.78, 5) is 0. The number of ether oxygens (including phenoxy) is 1. The molecule has 3 N–H and O–H groups in total. The molecule has 8 heteroatoms. The molecule has 0 heterocycles. The normalized spacial score (nSPS) is 10.7. The SMILES string of the molecule is NC(=S)NN=Cc1cc(Br)c(OCc2ccc(F)cc2)c(Br)c1. The first-order chi connectivity index (χ1) is 11.0. The number of hydrogen-bond acceptors (Lipinski definition) is 3. The Morgan fingerprint density at radius 2 is 1.87 bits per heavy atom. The van der Waals surface area contributed by atoms with Crippen LogP contribution < -0.4 is 15.9 Å². The first-order valence-corrected chi connectivity index (χ1v) is 8.40. The van der Waals surface area contributed by atoms with Crippen molar-refractivity contribution >= 4 is 55.4 Å². The second kappa shape index (κ2) is 8.37. The van der Waals surface area contributed by atoms with Gasteiger partial charge < -0.3 is 10.5 Å². The van der Waals surface area contributed by atoms with Gasteiger partial charge in [-0.3, -0.25) is 5.43 Å². The Labute approximate surface area is 155 Å². The molecule has 120 valence electrons. The van der Waals surface area contributed by atoms with E-state index in [2.05, 4.69) is 54.6 Å². The average molecular weight is 461 g/mol. The maximum Gasteiger partial charge on any atom is 0.184 e. The third kappa shape index (κ3) is 5.56. The van der Waals surface area contributed by atoms with Crippen LogP contribution in [0.2, 0.25) is 0 Å². The molecule has 0 saturated carbocycles. The summed E-state index contributed by atoms with van der Waals surface area (Å²) < 4.78 is 20.2. The molecule has 2 aromatic rings. The van der Waals surface area contributed by atoms with Gasteiger partial charge >= 0.3 is 0 Å². The maximum absolute atomic E-state index is 12.9. The number of thiocarbonyl (C=S) groups is 1. The van der Waals surface area contributed by atoms with Gasteiger partial charge in [0.2, 0.25) is 0 Å². The van der Waals surface area contributed by atoms with Gasteiger partial charge in [-0.1, -0.05) is 12.1 Å². The largest absolute Gasteiger partial charge is 0.487 e. The predicted octanol–water partition coefficient (Wildman–Crippen LogP) is 4.10. The Bertz CT molecular complexity index is 715. The summed E-state index contributed by atoms with van der Waals surface area (Å²) in [6.07, 6.45) is 1.58. The molecule has 0 unspecified atom stereocenters. The van der Waals surface area contributed by atoms with E-state index >= 15 is 0 Å². The fourth-order valence-electron chi connectivity index (χ4n) is 1.70. The second-order valence-corrected chi connectivity index (χ2v) is 6.61. The standard InChI is InChI=1S/C15H12Br2FN3OS/c16-12-5-10(7-20-21-15(19)23)6-13(17)14(12)22-8-9-1-3-11(18)4-2-9/h1-7H,8H2,(H3,19,21,23). The molecule has 0 aliphatic carbocycles. The molecule has 0 radical (unpaired) electrons. The Morgan fingerprint density at radius 1 is 1.26 bits per heavy atom. The van der Waals surface area contributed by atoms with Crippen molar-refractivity contribution in [2.75, 3.05) is 0 Å². The van der Waals surface area contributed by atoms with Crippen LogP contribution in [0.25, 0.3) is 0 Å². The van der Waals surface area contributed by atoms with Crippen LogP contribution in [0.5, 0.6) is 5.75 Å². The van der Waals surface area contributed by atoms with Crippen LogP contribution in [0.4, 0.5) is 4.39 Å². The number of nitrogens with two attached hydrogens (primary N) is 1. The van der Waals surface area contributed by atoms with Crippen molar-refractivity contribution in [1.82, 2.24) is 5.43 Å². The van der Waals surface area contributed by atoms with Crippen molar-refractivity contribution in [2.24, 2.45) is 10.8 Å². The van der Waals surface area contributed by atoms with E-state index in [1.807, 2.05) is 12.1 Å². The minimum absolute atomic E-state index is 0.0960. The fourth-order valence-corrected chi connectivity index (χ4v) is 3.20. The first-order valence-electron chi connectivity index (χ1n) is 6.40. The average Bonchev–Trinajstić information content (AvgIpc) is 2.48. The molecule has 0 atom stereocenters. The molecule has 0 aliphatic rings. The molecule has 4 nitrogen and oxygen atoms in total. The quantitative estimate of drug-likeness (QED) is 0.400. The lowest BCUT2D eigenvalue weighted by Crippen LogP contribution is -2.23. The topological polar surface area (TPSA) is 59.6 Å². The molecule has 23 heavy (non-hydrogen) atoms. The molecule has 0 fully saturated rings. The van der Waals surface area contributed by atoms with E-state index < -0.39 is 0 Å². The van der Waals surface area contributed by atoms with Crippen LogP contribution in [-0.2, 0) is 6.61 Å². The summed E-state index contributed by atoms with van der Waals surface area (Å²) in [6, 6.07) is 9.85. The molecule has 2 rings (SSSR count). The minimum Gasteiger partial charge on any atom is -0.487 e. The lowest BCUT2D eigenvalue weighted by Gasteiger charge is -2.11. The number of benzene rings is 2. The van der Waals surface area contributed by atoms with Gasteiger partial charge in [-0.15, -0.1) is 0 Å². The lowest BCUT2D eigenvalue weighted by molar-refractivity contribution is 0.302. The summed E-state index contributed by atoms with van der Waals surface area (Å²) in [5.74, 6) is 0.374. The van der Waals surface area contributed by atoms with Gasteiger partial charge in [0.25, 0.3) is 0 Å². The van der Waals surface area contributed by atoms with Crippen LogP contribution in [0, 0.1) is 5.82 Å². The van der Waals surface area contributed by atoms with Gasteiger partial charge in [-0.25, -0.2) is 4.39 Å². The zero-order valence-corrected chi connectivity index (χ0v) is 15.7. The van der Waals surface area contributed by atoms with Crippen LogP contribution in [-0.4, -0.2) is 11.3 Å². The number of nitrogens with one attached hydrogen (secondary N) is 1. The van der Waals surface area contributed by atoms with Crippen LogP contribution in [0.15, 0.2) is 50.4 Å². The molecule has 0 bridgehead atoms. The number of rotatable bonds is 5. The van der Waals surface area contributed by atoms with Gasteiger partial charge in [0, 0.05) is 0 Å². The molecular formula is C15H12Br2FN3OS. The van der Waals surface area contributed by atoms with Crippen molar-refractivity contribution in [3.8, 4) is 5.75 Å². The van der Waals surface area contributed by atoms with E-state index in [-0.39, 0.29) is 10.9 Å². The minimum atomic E-state index is -0.273. The number of halogens is 3. The highest BCUT2D eigenvalue weighted by molar-refractivity contribution is 9.11. The number of nitrogens with zero attached hydrogens (tertiary/aromatic N) is 1. The molecule has 0 aliphatic heterocycles. The predicted molar refractivity (Wildman–Crippen MR) is 100 cm³/mol. The smallest absolute Gasteiger partial charge is 0.184 e. The summed E-state index contributed by atoms with van der Waals surface area (Å²) in [6.45, 7) is 0.327. The van der Waals surface area contributed by atoms with Gasteiger partial charge in [0.1, 0.15) is 18.2 Å². The van der Waals surface area contributed by atoms with Gasteiger partial charge in [-0.2, -0.15) is 5.10 Å². The van der Waals surface area contributed by atoms with Gasteiger partial charge in [-0.05, 0) is 79.5 Å². The molecule has 0 aromatic heterocycles. The Balaban J connectivity index is 2.09. The van der Waals surface area contributed by atoms with E-state index in [9.17, 15) is 4.39 Å². The van der Waals surface area contributed by atoms with Crippen molar-refractivity contribution in [3.63, 3.8) is 0 Å². The zero-order valence-electron chi connectivity index (χ0n) is 11.7. The Hall–Kier alpha value is -1.51. The maximum atomic E-state index is 12.9. The van der Waals surface area contributed by atoms with Gasteiger partial charge in [0.15, 0.2) is 5.11 Å². The lowest BCUT2D eigenvalue weighted by atomic mass is 10.2. The third-order valence-corrected chi connectivity index (χ3v) is 3.97. The van der Waals surface area contributed by atoms with Gasteiger partial charge in [0.05, 0.1) is 15.2 Å². The summed E-state index contributed by atoms with van der Waals surface area (Å²) in [5.41, 5.74) is 9.47. The highest BCUT2D eigenvalue weighted by Gasteiger charge is 2.09. The van der Waals surface area contributed by atoms with Crippen LogP contribution in [0.3, 0.4) is 0 Å². The van der Waals surface area contributed by atoms with Crippen molar-refractivity contribution in [1.29, 1.82) is 0 Å². The molecule has 2 aromatic carbocycles. The van der Waals surface area contributed by atoms with E-state index in [4.69, 9.17) is 10.5 Å². The van der Waals surface area contributed by atoms with Crippen LogP contribution >= 0.6 is 44.1 Å². The zero-order chi connectivity index (χ0) is 16.8. The van der Waals surface area contributed by atoms with E-state index in [0.29, 0.717) is 12.4 Å². The van der Waals surface area contributed by atoms with E-state index in [1.54, 1.807) is 18.3 Å². The Morgan fingerprint density at radius 3 is 2.43 bits per heavy atom. The van der Waals surface area contributed by atoms with Crippen molar-refractivity contribution in [3.05, 3.63) is 62.3 Å². The third-order valence-electron chi connectivity index (χ3n) is 2.71. The second-order valence-electron chi connectivity index (χ2n) is 4.46. The monoisotopic (exact) mass is 459 g/mol. The Kier molecular flexibility index (Phi) is 6.49. The molecule has 0 amide bonds. The number of hydrogen-bond donors (Lipinski definition) is 2. The molecular weight excluding hydrogens is 449 g/mol. The summed E-state index contributed by atoms with van der Waals surface area (Å²) in [5, 5.41) is 3.99. The van der Waals surface area contributed by atoms with E-state index in [1.165, 1.54) is 12.1 Å². The highest BCUT2D eigenvalue weighted by atomic mass is 79.9. The van der Waals surface area contributed by atoms with Crippen molar-refractivity contribution < 1.29 is 9.13 Å². The fraction of sp³-hybridized carbons (Fsp3) is 0.0667. The highest BCUT2D eigenvalue weighted by Crippen LogP contribution is 2.35. The molecule has 0 saturated heterocycles. The summed E-state index contributed by atoms with van der Waals surface area (Å²) in [7, 11) is 0. The number of hydrazone groups is 1. The van der Waals surface area contributed by atoms with Crippen molar-refractivity contribution in [2.45, 2.75) is 6.61 Å².